The smallest absolute Gasteiger partial charge is 0.217 e. The normalized spacial score (nSPS) is 18.5. The third-order valence-corrected chi connectivity index (χ3v) is 5.70. The van der Waals surface area contributed by atoms with Crippen LogP contribution in [0.1, 0.15) is 63.0 Å². The minimum Gasteiger partial charge on any atom is -0.389 e. The summed E-state index contributed by atoms with van der Waals surface area (Å²) >= 11 is 1.65. The molecule has 0 aromatic heterocycles. The number of hydrogen-bond donors (Lipinski definition) is 3. The Balaban J connectivity index is 1.87. The van der Waals surface area contributed by atoms with Crippen molar-refractivity contribution in [2.45, 2.75) is 68.0 Å². The number of hydrogen-bond acceptors (Lipinski definition) is 4. The topological polar surface area (TPSA) is 83.6 Å². The molecule has 23 heavy (non-hydrogen) atoms. The van der Waals surface area contributed by atoms with Crippen molar-refractivity contribution in [2.75, 3.05) is 5.75 Å². The summed E-state index contributed by atoms with van der Waals surface area (Å²) in [6.07, 6.45) is 6.05. The number of nitrogens with two attached hydrogens (primary N) is 1. The highest BCUT2D eigenvalue weighted by atomic mass is 32.2. The molecule has 0 heterocycles. The van der Waals surface area contributed by atoms with E-state index in [0.29, 0.717) is 25.0 Å². The van der Waals surface area contributed by atoms with Crippen LogP contribution in [0.25, 0.3) is 0 Å². The Labute approximate surface area is 142 Å². The maximum absolute atomic E-state index is 10.8. The molecular formula is C18H27NO3S. The second kappa shape index (κ2) is 8.71. The molecule has 128 valence electrons. The fourth-order valence-corrected chi connectivity index (χ4v) is 4.14. The lowest BCUT2D eigenvalue weighted by atomic mass is 9.86. The van der Waals surface area contributed by atoms with Gasteiger partial charge in [0.15, 0.2) is 0 Å². The first-order valence-corrected chi connectivity index (χ1v) is 9.39. The summed E-state index contributed by atoms with van der Waals surface area (Å²) in [5.74, 6) is 0.371. The Morgan fingerprint density at radius 1 is 1.30 bits per heavy atom. The van der Waals surface area contributed by atoms with E-state index >= 15 is 0 Å². The fourth-order valence-electron chi connectivity index (χ4n) is 3.02. The summed E-state index contributed by atoms with van der Waals surface area (Å²) in [5, 5.41) is 20.8. The Kier molecular flexibility index (Phi) is 6.93. The second-order valence-corrected chi connectivity index (χ2v) is 7.57. The van der Waals surface area contributed by atoms with Gasteiger partial charge in [-0.1, -0.05) is 31.4 Å². The minimum absolute atomic E-state index is 0.304. The Bertz CT molecular complexity index is 515. The summed E-state index contributed by atoms with van der Waals surface area (Å²) in [6.45, 7) is 0. The van der Waals surface area contributed by atoms with Gasteiger partial charge in [0.2, 0.25) is 5.91 Å². The highest BCUT2D eigenvalue weighted by Gasteiger charge is 2.29. The molecule has 1 fully saturated rings. The van der Waals surface area contributed by atoms with Gasteiger partial charge in [0, 0.05) is 17.1 Å². The molecular weight excluding hydrogens is 310 g/mol. The largest absolute Gasteiger partial charge is 0.389 e. The van der Waals surface area contributed by atoms with E-state index in [4.69, 9.17) is 5.73 Å². The van der Waals surface area contributed by atoms with Crippen LogP contribution >= 0.6 is 11.8 Å². The van der Waals surface area contributed by atoms with Crippen molar-refractivity contribution in [3.05, 3.63) is 29.8 Å². The molecule has 0 radical (unpaired) electrons. The zero-order chi connectivity index (χ0) is 16.7. The number of carbonyl (C=O) groups excluding carboxylic acids is 1. The molecule has 1 saturated carbocycles. The van der Waals surface area contributed by atoms with Crippen molar-refractivity contribution in [3.63, 3.8) is 0 Å². The van der Waals surface area contributed by atoms with E-state index in [0.717, 1.165) is 36.1 Å². The molecule has 1 aliphatic rings. The number of thioether (sulfide) groups is 1. The quantitative estimate of drug-likeness (QED) is 0.636. The molecule has 0 spiro atoms. The summed E-state index contributed by atoms with van der Waals surface area (Å²) in [4.78, 5) is 11.8. The zero-order valence-corrected chi connectivity index (χ0v) is 14.4. The number of aliphatic hydroxyl groups excluding tert-OH is 1. The maximum Gasteiger partial charge on any atom is 0.217 e. The lowest BCUT2D eigenvalue weighted by molar-refractivity contribution is -0.118. The summed E-state index contributed by atoms with van der Waals surface area (Å²) in [6, 6.07) is 7.82. The molecule has 0 saturated heterocycles. The van der Waals surface area contributed by atoms with Gasteiger partial charge >= 0.3 is 0 Å². The van der Waals surface area contributed by atoms with Crippen LogP contribution < -0.4 is 5.73 Å². The van der Waals surface area contributed by atoms with Crippen molar-refractivity contribution in [1.29, 1.82) is 0 Å². The van der Waals surface area contributed by atoms with Crippen LogP contribution in [0.3, 0.4) is 0 Å². The molecule has 0 bridgehead atoms. The highest BCUT2D eigenvalue weighted by molar-refractivity contribution is 7.99. The van der Waals surface area contributed by atoms with E-state index in [-0.39, 0.29) is 5.91 Å². The third kappa shape index (κ3) is 6.16. The predicted molar refractivity (Wildman–Crippen MR) is 93.2 cm³/mol. The first-order chi connectivity index (χ1) is 11.0. The van der Waals surface area contributed by atoms with Gasteiger partial charge in [-0.3, -0.25) is 4.79 Å². The first kappa shape index (κ1) is 18.3. The molecule has 4 N–H and O–H groups in total. The van der Waals surface area contributed by atoms with Crippen LogP contribution in [-0.2, 0) is 4.79 Å². The van der Waals surface area contributed by atoms with Crippen molar-refractivity contribution >= 4 is 17.7 Å². The maximum atomic E-state index is 10.8. The summed E-state index contributed by atoms with van der Waals surface area (Å²) < 4.78 is 0. The molecule has 5 heteroatoms. The Hall–Kier alpha value is -1.04. The lowest BCUT2D eigenvalue weighted by Crippen LogP contribution is -2.33. The van der Waals surface area contributed by atoms with Crippen molar-refractivity contribution in [3.8, 4) is 0 Å². The van der Waals surface area contributed by atoms with Crippen LogP contribution in [0.15, 0.2) is 29.2 Å². The van der Waals surface area contributed by atoms with Gasteiger partial charge < -0.3 is 15.9 Å². The lowest BCUT2D eigenvalue weighted by Gasteiger charge is -2.31. The molecule has 1 aliphatic carbocycles. The SMILES string of the molecule is NC(=O)CCCC(O)c1cccc(SCC2(O)CCCCC2)c1. The van der Waals surface area contributed by atoms with E-state index in [1.807, 2.05) is 24.3 Å². The number of benzene rings is 1. The average Bonchev–Trinajstić information content (AvgIpc) is 2.54. The average molecular weight is 337 g/mol. The molecule has 1 atom stereocenters. The summed E-state index contributed by atoms with van der Waals surface area (Å²) in [5.41, 5.74) is 5.43. The molecule has 2 rings (SSSR count). The standard InChI is InChI=1S/C18H27NO3S/c19-17(21)9-5-8-16(20)14-6-4-7-15(12-14)23-13-18(22)10-2-1-3-11-18/h4,6-7,12,16,20,22H,1-3,5,8-11,13H2,(H2,19,21). The number of carbonyl (C=O) groups is 1. The molecule has 1 aromatic rings. The van der Waals surface area contributed by atoms with E-state index < -0.39 is 11.7 Å². The van der Waals surface area contributed by atoms with Crippen LogP contribution in [-0.4, -0.2) is 27.5 Å². The van der Waals surface area contributed by atoms with Crippen molar-refractivity contribution in [1.82, 2.24) is 0 Å². The monoisotopic (exact) mass is 337 g/mol. The van der Waals surface area contributed by atoms with Crippen LogP contribution in [0.2, 0.25) is 0 Å². The molecule has 1 unspecified atom stereocenters. The van der Waals surface area contributed by atoms with E-state index in [1.165, 1.54) is 6.42 Å². The zero-order valence-electron chi connectivity index (χ0n) is 13.5. The van der Waals surface area contributed by atoms with Gasteiger partial charge in [-0.15, -0.1) is 11.8 Å². The van der Waals surface area contributed by atoms with Gasteiger partial charge in [-0.25, -0.2) is 0 Å². The van der Waals surface area contributed by atoms with Gasteiger partial charge in [-0.05, 0) is 43.4 Å². The second-order valence-electron chi connectivity index (χ2n) is 6.52. The van der Waals surface area contributed by atoms with Gasteiger partial charge in [-0.2, -0.15) is 0 Å². The van der Waals surface area contributed by atoms with Gasteiger partial charge in [0.1, 0.15) is 0 Å². The predicted octanol–water partition coefficient (Wildman–Crippen LogP) is 3.16. The number of aliphatic hydroxyl groups is 2. The molecule has 4 nitrogen and oxygen atoms in total. The van der Waals surface area contributed by atoms with Crippen molar-refractivity contribution in [2.24, 2.45) is 5.73 Å². The van der Waals surface area contributed by atoms with E-state index in [1.54, 1.807) is 11.8 Å². The van der Waals surface area contributed by atoms with Gasteiger partial charge in [0.25, 0.3) is 0 Å². The number of primary amides is 1. The van der Waals surface area contributed by atoms with Crippen LogP contribution in [0.4, 0.5) is 0 Å². The first-order valence-electron chi connectivity index (χ1n) is 8.40. The molecule has 0 aliphatic heterocycles. The number of amides is 1. The van der Waals surface area contributed by atoms with E-state index in [2.05, 4.69) is 0 Å². The fraction of sp³-hybridized carbons (Fsp3) is 0.611. The van der Waals surface area contributed by atoms with Crippen LogP contribution in [0, 0.1) is 0 Å². The molecule has 1 aromatic carbocycles. The highest BCUT2D eigenvalue weighted by Crippen LogP contribution is 2.34. The van der Waals surface area contributed by atoms with E-state index in [9.17, 15) is 15.0 Å². The molecule has 1 amide bonds. The minimum atomic E-state index is -0.576. The number of rotatable bonds is 8. The Morgan fingerprint density at radius 3 is 2.74 bits per heavy atom. The third-order valence-electron chi connectivity index (χ3n) is 4.44. The Morgan fingerprint density at radius 2 is 2.04 bits per heavy atom. The van der Waals surface area contributed by atoms with Crippen LogP contribution in [0.5, 0.6) is 0 Å². The summed E-state index contributed by atoms with van der Waals surface area (Å²) in [7, 11) is 0. The van der Waals surface area contributed by atoms with Gasteiger partial charge in [0.05, 0.1) is 11.7 Å². The van der Waals surface area contributed by atoms with Crippen molar-refractivity contribution < 1.29 is 15.0 Å².